The van der Waals surface area contributed by atoms with Gasteiger partial charge in [0, 0.05) is 12.1 Å². The third-order valence-corrected chi connectivity index (χ3v) is 8.18. The van der Waals surface area contributed by atoms with Gasteiger partial charge in [0.2, 0.25) is 5.91 Å². The number of carbonyl (C=O) groups is 3. The summed E-state index contributed by atoms with van der Waals surface area (Å²) in [6.45, 7) is 6.53. The summed E-state index contributed by atoms with van der Waals surface area (Å²) < 4.78 is 11.0. The number of alkyl carbamates (subject to hydrolysis) is 1. The van der Waals surface area contributed by atoms with Crippen molar-refractivity contribution >= 4 is 17.8 Å². The van der Waals surface area contributed by atoms with E-state index in [2.05, 4.69) is 22.5 Å². The summed E-state index contributed by atoms with van der Waals surface area (Å²) in [4.78, 5) is 40.5. The lowest BCUT2D eigenvalue weighted by Gasteiger charge is -2.29. The predicted molar refractivity (Wildman–Crippen MR) is 181 cm³/mol. The topological polar surface area (TPSA) is 109 Å². The number of rotatable bonds is 16. The number of ether oxygens (including phenoxy) is 2. The third kappa shape index (κ3) is 9.89. The summed E-state index contributed by atoms with van der Waals surface area (Å²) in [5, 5.41) is 9.24. The van der Waals surface area contributed by atoms with Crippen LogP contribution in [0, 0.1) is 0 Å². The zero-order chi connectivity index (χ0) is 33.1. The molecule has 0 spiro atoms. The molecule has 0 unspecified atom stereocenters. The molecule has 242 valence electrons. The first-order valence-corrected chi connectivity index (χ1v) is 15.8. The summed E-state index contributed by atoms with van der Waals surface area (Å²) in [7, 11) is 0. The first kappa shape index (κ1) is 33.2. The van der Waals surface area contributed by atoms with Crippen LogP contribution in [-0.2, 0) is 44.9 Å². The fourth-order valence-corrected chi connectivity index (χ4v) is 5.35. The van der Waals surface area contributed by atoms with Crippen molar-refractivity contribution in [2.75, 3.05) is 6.61 Å². The van der Waals surface area contributed by atoms with Gasteiger partial charge in [-0.15, -0.1) is 0 Å². The van der Waals surface area contributed by atoms with Gasteiger partial charge in [-0.25, -0.2) is 4.79 Å². The molecule has 5 rings (SSSR count). The molecule has 0 radical (unpaired) electrons. The van der Waals surface area contributed by atoms with Gasteiger partial charge in [-0.2, -0.15) is 0 Å². The van der Waals surface area contributed by atoms with Crippen molar-refractivity contribution in [1.29, 1.82) is 0 Å². The van der Waals surface area contributed by atoms with Crippen LogP contribution in [0.25, 0.3) is 0 Å². The van der Waals surface area contributed by atoms with E-state index in [1.807, 2.05) is 121 Å². The zero-order valence-corrected chi connectivity index (χ0v) is 26.6. The largest absolute Gasteiger partial charge is 0.445 e. The lowest BCUT2D eigenvalue weighted by molar-refractivity contribution is -0.125. The molecule has 0 aliphatic carbocycles. The Balaban J connectivity index is 1.34. The molecular weight excluding hydrogens is 590 g/mol. The van der Waals surface area contributed by atoms with E-state index in [4.69, 9.17) is 9.47 Å². The maximum atomic E-state index is 14.0. The van der Waals surface area contributed by atoms with E-state index in [-0.39, 0.29) is 18.8 Å². The van der Waals surface area contributed by atoms with Crippen molar-refractivity contribution in [2.45, 2.75) is 56.5 Å². The molecule has 1 aliphatic heterocycles. The van der Waals surface area contributed by atoms with Crippen molar-refractivity contribution in [3.8, 4) is 0 Å². The Morgan fingerprint density at radius 2 is 1.09 bits per heavy atom. The fraction of sp³-hybridized carbons (Fsp3) is 0.256. The van der Waals surface area contributed by atoms with Gasteiger partial charge in [0.25, 0.3) is 0 Å². The number of amides is 2. The first-order valence-electron chi connectivity index (χ1n) is 15.8. The van der Waals surface area contributed by atoms with Crippen molar-refractivity contribution in [3.05, 3.63) is 156 Å². The minimum atomic E-state index is -0.938. The second kappa shape index (κ2) is 15.9. The standard InChI is InChI=1S/C39H41N3O5/c1-28(40-34(36(43)39(2)27-47-39)24-30-17-9-4-10-18-30)33(23-29-15-7-3-8-16-29)41-37(44)35(25-31-19-11-5-12-20-31)42-38(45)46-26-32-21-13-6-14-22-32/h3-22,33-35,40H,1,23-27H2,2H3,(H,41,44)(H,42,45)/t33-,34-,35+,39+/m0/s1. The van der Waals surface area contributed by atoms with Crippen molar-refractivity contribution in [1.82, 2.24) is 16.0 Å². The van der Waals surface area contributed by atoms with Crippen molar-refractivity contribution < 1.29 is 23.9 Å². The Kier molecular flexibility index (Phi) is 11.2. The highest BCUT2D eigenvalue weighted by Gasteiger charge is 2.50. The van der Waals surface area contributed by atoms with E-state index in [0.717, 1.165) is 22.3 Å². The molecule has 3 N–H and O–H groups in total. The molecule has 1 aliphatic rings. The highest BCUT2D eigenvalue weighted by Crippen LogP contribution is 2.29. The van der Waals surface area contributed by atoms with Crippen LogP contribution < -0.4 is 16.0 Å². The maximum absolute atomic E-state index is 14.0. The molecule has 1 fully saturated rings. The van der Waals surface area contributed by atoms with Gasteiger partial charge >= 0.3 is 6.09 Å². The second-order valence-corrected chi connectivity index (χ2v) is 12.0. The van der Waals surface area contributed by atoms with Crippen LogP contribution in [0.5, 0.6) is 0 Å². The van der Waals surface area contributed by atoms with Gasteiger partial charge in [0.1, 0.15) is 18.2 Å². The Hall–Kier alpha value is -5.21. The number of carbonyl (C=O) groups excluding carboxylic acids is 3. The van der Waals surface area contributed by atoms with E-state index < -0.39 is 35.7 Å². The van der Waals surface area contributed by atoms with E-state index in [1.165, 1.54) is 0 Å². The van der Waals surface area contributed by atoms with E-state index in [0.29, 0.717) is 25.1 Å². The summed E-state index contributed by atoms with van der Waals surface area (Å²) in [5.41, 5.74) is 3.29. The molecule has 0 saturated carbocycles. The van der Waals surface area contributed by atoms with Crippen LogP contribution in [-0.4, -0.2) is 48.1 Å². The third-order valence-electron chi connectivity index (χ3n) is 8.18. The molecule has 8 nitrogen and oxygen atoms in total. The molecule has 4 atom stereocenters. The number of Topliss-reactive ketones (excluding diaryl/α,β-unsaturated/α-hetero) is 1. The molecule has 47 heavy (non-hydrogen) atoms. The van der Waals surface area contributed by atoms with Crippen LogP contribution >= 0.6 is 0 Å². The molecule has 4 aromatic carbocycles. The monoisotopic (exact) mass is 631 g/mol. The molecule has 4 aromatic rings. The Labute approximate surface area is 276 Å². The number of hydrogen-bond acceptors (Lipinski definition) is 6. The Bertz CT molecular complexity index is 1630. The van der Waals surface area contributed by atoms with Crippen LogP contribution in [0.3, 0.4) is 0 Å². The lowest BCUT2D eigenvalue weighted by atomic mass is 9.93. The SMILES string of the molecule is C=C(N[C@@H](Cc1ccccc1)C(=O)[C@@]1(C)CO1)[C@H](Cc1ccccc1)NC(=O)[C@@H](Cc1ccccc1)NC(=O)OCc1ccccc1. The highest BCUT2D eigenvalue weighted by molar-refractivity contribution is 5.94. The zero-order valence-electron chi connectivity index (χ0n) is 26.6. The summed E-state index contributed by atoms with van der Waals surface area (Å²) >= 11 is 0. The molecular formula is C39H41N3O5. The predicted octanol–water partition coefficient (Wildman–Crippen LogP) is 5.32. The highest BCUT2D eigenvalue weighted by atomic mass is 16.6. The quantitative estimate of drug-likeness (QED) is 0.144. The van der Waals surface area contributed by atoms with Gasteiger partial charge in [-0.05, 0) is 42.0 Å². The summed E-state index contributed by atoms with van der Waals surface area (Å²) in [5.74, 6) is -0.477. The fourth-order valence-electron chi connectivity index (χ4n) is 5.35. The van der Waals surface area contributed by atoms with Crippen LogP contribution in [0.4, 0.5) is 4.79 Å². The average Bonchev–Trinajstić information content (AvgIpc) is 3.86. The Morgan fingerprint density at radius 3 is 1.55 bits per heavy atom. The molecule has 1 saturated heterocycles. The first-order chi connectivity index (χ1) is 22.8. The van der Waals surface area contributed by atoms with E-state index in [9.17, 15) is 14.4 Å². The van der Waals surface area contributed by atoms with Gasteiger partial charge in [0.15, 0.2) is 5.78 Å². The van der Waals surface area contributed by atoms with Crippen LogP contribution in [0.1, 0.15) is 29.2 Å². The van der Waals surface area contributed by atoms with Crippen LogP contribution in [0.15, 0.2) is 134 Å². The number of hydrogen-bond donors (Lipinski definition) is 3. The molecule has 0 bridgehead atoms. The molecule has 8 heteroatoms. The smallest absolute Gasteiger partial charge is 0.408 e. The summed E-state index contributed by atoms with van der Waals surface area (Å²) in [6.07, 6.45) is 0.382. The van der Waals surface area contributed by atoms with Gasteiger partial charge in [-0.1, -0.05) is 128 Å². The number of nitrogens with one attached hydrogen (secondary N) is 3. The van der Waals surface area contributed by atoms with Crippen molar-refractivity contribution in [2.24, 2.45) is 0 Å². The minimum Gasteiger partial charge on any atom is -0.445 e. The minimum absolute atomic E-state index is 0.0722. The second-order valence-electron chi connectivity index (χ2n) is 12.0. The van der Waals surface area contributed by atoms with E-state index >= 15 is 0 Å². The Morgan fingerprint density at radius 1 is 0.660 bits per heavy atom. The average molecular weight is 632 g/mol. The normalized spacial score (nSPS) is 17.0. The molecule has 2 amide bonds. The van der Waals surface area contributed by atoms with Gasteiger partial charge in [-0.3, -0.25) is 9.59 Å². The van der Waals surface area contributed by atoms with Crippen molar-refractivity contribution in [3.63, 3.8) is 0 Å². The van der Waals surface area contributed by atoms with Gasteiger partial charge < -0.3 is 25.4 Å². The number of benzene rings is 4. The maximum Gasteiger partial charge on any atom is 0.408 e. The van der Waals surface area contributed by atoms with E-state index in [1.54, 1.807) is 6.92 Å². The molecule has 0 aromatic heterocycles. The van der Waals surface area contributed by atoms with Crippen LogP contribution in [0.2, 0.25) is 0 Å². The van der Waals surface area contributed by atoms with Gasteiger partial charge in [0.05, 0.1) is 18.7 Å². The number of ketones is 1. The molecule has 1 heterocycles. The number of epoxide rings is 1. The lowest BCUT2D eigenvalue weighted by Crippen LogP contribution is -2.54. The summed E-state index contributed by atoms with van der Waals surface area (Å²) in [6, 6.07) is 36.1.